The van der Waals surface area contributed by atoms with Gasteiger partial charge >= 0.3 is 15.2 Å². The van der Waals surface area contributed by atoms with E-state index < -0.39 is 26.4 Å². The lowest BCUT2D eigenvalue weighted by atomic mass is 10.2. The van der Waals surface area contributed by atoms with E-state index in [0.717, 1.165) is 21.1 Å². The minimum atomic E-state index is -4.07. The third-order valence-corrected chi connectivity index (χ3v) is 12.8. The van der Waals surface area contributed by atoms with E-state index in [-0.39, 0.29) is 44.3 Å². The van der Waals surface area contributed by atoms with Crippen LogP contribution >= 0.6 is 26.5 Å². The maximum atomic E-state index is 14.8. The summed E-state index contributed by atoms with van der Waals surface area (Å²) in [5, 5.41) is -0.506. The Hall–Kier alpha value is -1.97. The molecular weight excluding hydrogens is 577 g/mol. The molecule has 0 amide bonds. The SMILES string of the molecule is CCOP(=O)(OCC)C(c1ccc(F)c(OCCCc2nc(-c3ccncc3)sc2C)c1)P(=O)(OCC)OCC. The van der Waals surface area contributed by atoms with E-state index in [1.165, 1.54) is 18.2 Å². The molecule has 0 saturated heterocycles. The predicted octanol–water partition coefficient (Wildman–Crippen LogP) is 8.20. The highest BCUT2D eigenvalue weighted by atomic mass is 32.1. The zero-order valence-electron chi connectivity index (χ0n) is 23.5. The Morgan fingerprint density at radius 3 is 2.02 bits per heavy atom. The Bertz CT molecular complexity index is 1280. The minimum Gasteiger partial charge on any atom is -0.490 e. The highest BCUT2D eigenvalue weighted by Crippen LogP contribution is 2.78. The van der Waals surface area contributed by atoms with E-state index in [1.807, 2.05) is 19.1 Å². The zero-order valence-corrected chi connectivity index (χ0v) is 26.1. The van der Waals surface area contributed by atoms with Crippen molar-refractivity contribution >= 4 is 26.5 Å². The first-order valence-electron chi connectivity index (χ1n) is 13.3. The Morgan fingerprint density at radius 2 is 1.48 bits per heavy atom. The van der Waals surface area contributed by atoms with Gasteiger partial charge in [0.2, 0.25) is 0 Å². The number of halogens is 1. The van der Waals surface area contributed by atoms with Crippen molar-refractivity contribution in [3.63, 3.8) is 0 Å². The van der Waals surface area contributed by atoms with Gasteiger partial charge in [0.25, 0.3) is 0 Å². The number of ether oxygens (including phenoxy) is 1. The highest BCUT2D eigenvalue weighted by molar-refractivity contribution is 7.72. The van der Waals surface area contributed by atoms with Crippen LogP contribution in [-0.2, 0) is 33.6 Å². The van der Waals surface area contributed by atoms with Crippen LogP contribution in [0.15, 0.2) is 42.7 Å². The Morgan fingerprint density at radius 1 is 0.900 bits per heavy atom. The molecule has 0 aliphatic carbocycles. The Kier molecular flexibility index (Phi) is 12.5. The number of aromatic nitrogens is 2. The van der Waals surface area contributed by atoms with Gasteiger partial charge in [-0.1, -0.05) is 6.07 Å². The third kappa shape index (κ3) is 8.07. The molecule has 0 fully saturated rings. The van der Waals surface area contributed by atoms with Gasteiger partial charge in [0.1, 0.15) is 5.01 Å². The molecule has 0 spiro atoms. The quantitative estimate of drug-likeness (QED) is 0.110. The van der Waals surface area contributed by atoms with Gasteiger partial charge in [-0.2, -0.15) is 0 Å². The van der Waals surface area contributed by atoms with E-state index in [9.17, 15) is 13.5 Å². The van der Waals surface area contributed by atoms with Crippen molar-refractivity contribution in [3.05, 3.63) is 64.7 Å². The molecule has 0 saturated carbocycles. The van der Waals surface area contributed by atoms with Crippen molar-refractivity contribution in [2.24, 2.45) is 0 Å². The fraction of sp³-hybridized carbons (Fsp3) is 0.481. The number of hydrogen-bond donors (Lipinski definition) is 0. The first kappa shape index (κ1) is 32.5. The number of rotatable bonds is 17. The molecule has 2 heterocycles. The molecule has 3 aromatic rings. The van der Waals surface area contributed by atoms with Gasteiger partial charge in [-0.15, -0.1) is 11.3 Å². The summed E-state index contributed by atoms with van der Waals surface area (Å²) in [6.07, 6.45) is 4.69. The van der Waals surface area contributed by atoms with Gasteiger partial charge in [-0.05, 0) is 77.3 Å². The normalized spacial score (nSPS) is 12.3. The summed E-state index contributed by atoms with van der Waals surface area (Å²) in [6.45, 7) is 8.98. The molecule has 0 aliphatic heterocycles. The molecule has 0 unspecified atom stereocenters. The fourth-order valence-electron chi connectivity index (χ4n) is 4.11. The van der Waals surface area contributed by atoms with Crippen LogP contribution < -0.4 is 4.74 Å². The lowest BCUT2D eigenvalue weighted by Crippen LogP contribution is -2.12. The summed E-state index contributed by atoms with van der Waals surface area (Å²) in [4.78, 5) is 9.90. The molecule has 40 heavy (non-hydrogen) atoms. The fourth-order valence-corrected chi connectivity index (χ4v) is 10.5. The molecule has 13 heteroatoms. The zero-order chi connectivity index (χ0) is 29.2. The van der Waals surface area contributed by atoms with Crippen LogP contribution in [0.4, 0.5) is 4.39 Å². The van der Waals surface area contributed by atoms with Gasteiger partial charge < -0.3 is 22.8 Å². The standard InChI is InChI=1S/C27H37FN2O7P2S/c1-6-34-38(31,35-7-2)27(39(32,36-8-3)37-9-4)22-12-13-23(28)25(19-22)33-18-10-11-24-20(5)40-26(30-24)21-14-16-29-17-15-21/h12-17,19,27H,6-11,18H2,1-5H3. The number of hydrogen-bond acceptors (Lipinski definition) is 10. The molecule has 0 atom stereocenters. The van der Waals surface area contributed by atoms with Crippen LogP contribution in [0.1, 0.15) is 55.7 Å². The second-order valence-corrected chi connectivity index (χ2v) is 14.4. The monoisotopic (exact) mass is 614 g/mol. The average Bonchev–Trinajstić information content (AvgIpc) is 3.29. The maximum Gasteiger partial charge on any atom is 0.350 e. The van der Waals surface area contributed by atoms with Crippen molar-refractivity contribution in [1.82, 2.24) is 9.97 Å². The largest absolute Gasteiger partial charge is 0.490 e. The van der Waals surface area contributed by atoms with E-state index in [0.29, 0.717) is 12.8 Å². The van der Waals surface area contributed by atoms with Gasteiger partial charge in [0.15, 0.2) is 17.0 Å². The number of thiazole rings is 1. The van der Waals surface area contributed by atoms with Crippen LogP contribution in [0.5, 0.6) is 5.75 Å². The molecule has 3 rings (SSSR count). The first-order valence-corrected chi connectivity index (χ1v) is 17.3. The van der Waals surface area contributed by atoms with Crippen LogP contribution in [0.2, 0.25) is 0 Å². The van der Waals surface area contributed by atoms with Crippen molar-refractivity contribution < 1.29 is 36.4 Å². The molecule has 0 aliphatic rings. The molecule has 2 aromatic heterocycles. The summed E-state index contributed by atoms with van der Waals surface area (Å²) in [5.74, 6) is -0.688. The Labute approximate surface area is 239 Å². The molecular formula is C27H37FN2O7P2S. The van der Waals surface area contributed by atoms with E-state index in [4.69, 9.17) is 27.8 Å². The average molecular weight is 615 g/mol. The van der Waals surface area contributed by atoms with Gasteiger partial charge in [0.05, 0.1) is 38.7 Å². The second-order valence-electron chi connectivity index (χ2n) is 8.52. The predicted molar refractivity (Wildman–Crippen MR) is 155 cm³/mol. The topological polar surface area (TPSA) is 106 Å². The van der Waals surface area contributed by atoms with Crippen molar-refractivity contribution in [1.29, 1.82) is 0 Å². The number of pyridine rings is 1. The van der Waals surface area contributed by atoms with Gasteiger partial charge in [-0.25, -0.2) is 9.37 Å². The Balaban J connectivity index is 1.82. The minimum absolute atomic E-state index is 0.0372. The maximum absolute atomic E-state index is 14.8. The van der Waals surface area contributed by atoms with E-state index in [1.54, 1.807) is 51.4 Å². The van der Waals surface area contributed by atoms with Crippen LogP contribution in [0.3, 0.4) is 0 Å². The first-order chi connectivity index (χ1) is 19.2. The number of aryl methyl sites for hydroxylation is 2. The molecule has 220 valence electrons. The van der Waals surface area contributed by atoms with Crippen LogP contribution in [0, 0.1) is 12.7 Å². The summed E-state index contributed by atoms with van der Waals surface area (Å²) in [6, 6.07) is 7.75. The van der Waals surface area contributed by atoms with Crippen LogP contribution in [-0.4, -0.2) is 43.0 Å². The molecule has 1 aromatic carbocycles. The van der Waals surface area contributed by atoms with Crippen molar-refractivity contribution in [3.8, 4) is 16.3 Å². The molecule has 9 nitrogen and oxygen atoms in total. The lowest BCUT2D eigenvalue weighted by Gasteiger charge is -2.31. The molecule has 0 N–H and O–H groups in total. The number of nitrogens with zero attached hydrogens (tertiary/aromatic N) is 2. The third-order valence-electron chi connectivity index (χ3n) is 5.72. The summed E-state index contributed by atoms with van der Waals surface area (Å²) in [5.41, 5.74) is 2.18. The van der Waals surface area contributed by atoms with Crippen molar-refractivity contribution in [2.75, 3.05) is 33.0 Å². The molecule has 0 bridgehead atoms. The van der Waals surface area contributed by atoms with E-state index in [2.05, 4.69) is 4.98 Å². The van der Waals surface area contributed by atoms with Crippen LogP contribution in [0.25, 0.3) is 10.6 Å². The van der Waals surface area contributed by atoms with Gasteiger partial charge in [-0.3, -0.25) is 14.1 Å². The lowest BCUT2D eigenvalue weighted by molar-refractivity contribution is 0.195. The second kappa shape index (κ2) is 15.3. The summed E-state index contributed by atoms with van der Waals surface area (Å²) >= 11 is 1.61. The van der Waals surface area contributed by atoms with Gasteiger partial charge in [0, 0.05) is 22.8 Å². The number of benzene rings is 1. The summed E-state index contributed by atoms with van der Waals surface area (Å²) < 4.78 is 70.7. The van der Waals surface area contributed by atoms with E-state index >= 15 is 0 Å². The van der Waals surface area contributed by atoms with Crippen molar-refractivity contribution in [2.45, 2.75) is 52.9 Å². The highest BCUT2D eigenvalue weighted by Gasteiger charge is 2.52. The summed E-state index contributed by atoms with van der Waals surface area (Å²) in [7, 11) is -8.14. The molecule has 0 radical (unpaired) electrons. The smallest absolute Gasteiger partial charge is 0.350 e.